The third-order valence-electron chi connectivity index (χ3n) is 5.56. The Balaban J connectivity index is 1.78. The van der Waals surface area contributed by atoms with Crippen molar-refractivity contribution >= 4 is 49.4 Å². The maximum atomic E-state index is 7.41. The molecule has 0 spiro atoms. The monoisotopic (exact) mass is 522 g/mol. The quantitative estimate of drug-likeness (QED) is 0.180. The SMILES string of the molecule is CN(C=N)CCCC1=Cc2cccnc2I(C2CCNCC2)c2ccc(Cl)cc21. The van der Waals surface area contributed by atoms with E-state index >= 15 is 0 Å². The molecule has 2 aliphatic rings. The Morgan fingerprint density at radius 1 is 1.31 bits per heavy atom. The predicted molar refractivity (Wildman–Crippen MR) is 132 cm³/mol. The Labute approximate surface area is 185 Å². The molecule has 1 aromatic heterocycles. The van der Waals surface area contributed by atoms with Gasteiger partial charge in [0.15, 0.2) is 0 Å². The molecule has 0 amide bonds. The molecule has 0 unspecified atom stereocenters. The average Bonchev–Trinajstić information content (AvgIpc) is 2.88. The molecule has 3 heterocycles. The summed E-state index contributed by atoms with van der Waals surface area (Å²) in [4.78, 5) is 6.88. The van der Waals surface area contributed by atoms with E-state index in [1.807, 2.05) is 18.1 Å². The molecule has 0 radical (unpaired) electrons. The van der Waals surface area contributed by atoms with Crippen molar-refractivity contribution in [3.63, 3.8) is 0 Å². The number of hydrogen-bond acceptors (Lipinski definition) is 3. The fraction of sp³-hybridized carbons (Fsp3) is 0.391. The topological polar surface area (TPSA) is 52.0 Å². The maximum absolute atomic E-state index is 7.41. The summed E-state index contributed by atoms with van der Waals surface area (Å²) in [6.07, 6.45) is 10.2. The van der Waals surface area contributed by atoms with Crippen LogP contribution in [0.2, 0.25) is 5.02 Å². The first-order chi connectivity index (χ1) is 14.2. The van der Waals surface area contributed by atoms with Crippen LogP contribution in [0, 0.1) is 12.7 Å². The van der Waals surface area contributed by atoms with E-state index in [-0.39, 0.29) is 0 Å². The molecule has 0 saturated carbocycles. The predicted octanol–water partition coefficient (Wildman–Crippen LogP) is 5.21. The Kier molecular flexibility index (Phi) is 6.88. The fourth-order valence-electron chi connectivity index (χ4n) is 4.07. The van der Waals surface area contributed by atoms with Crippen LogP contribution in [-0.2, 0) is 0 Å². The van der Waals surface area contributed by atoms with Gasteiger partial charge in [-0.2, -0.15) is 0 Å². The number of hydrogen-bond donors (Lipinski definition) is 2. The van der Waals surface area contributed by atoms with Crippen LogP contribution in [0.1, 0.15) is 36.8 Å². The summed E-state index contributed by atoms with van der Waals surface area (Å²) in [6, 6.07) is 10.9. The summed E-state index contributed by atoms with van der Waals surface area (Å²) in [6.45, 7) is 3.10. The molecule has 154 valence electrons. The summed E-state index contributed by atoms with van der Waals surface area (Å²) in [7, 11) is 1.96. The summed E-state index contributed by atoms with van der Waals surface area (Å²) in [5.41, 5.74) is 4.01. The number of fused-ring (bicyclic) bond motifs is 2. The molecule has 2 aliphatic heterocycles. The number of piperidine rings is 1. The molecule has 2 N–H and O–H groups in total. The molecule has 0 atom stereocenters. The number of alkyl halides is 1. The molecule has 0 aliphatic carbocycles. The average molecular weight is 523 g/mol. The van der Waals surface area contributed by atoms with Crippen LogP contribution in [-0.4, -0.2) is 46.8 Å². The van der Waals surface area contributed by atoms with E-state index in [4.69, 9.17) is 22.0 Å². The van der Waals surface area contributed by atoms with Gasteiger partial charge < -0.3 is 0 Å². The zero-order valence-electron chi connectivity index (χ0n) is 16.8. The third kappa shape index (κ3) is 4.67. The minimum atomic E-state index is -1.70. The van der Waals surface area contributed by atoms with Gasteiger partial charge in [0.25, 0.3) is 0 Å². The van der Waals surface area contributed by atoms with Gasteiger partial charge in [-0.05, 0) is 0 Å². The van der Waals surface area contributed by atoms with Crippen LogP contribution in [0.15, 0.2) is 36.5 Å². The standard InChI is InChI=1S/C23H28ClIN4/c1-29(16-26)13-3-5-17-14-18-4-2-10-28-23(18)25(20-8-11-27-12-9-20)22-7-6-19(24)15-21(17)22/h2,4,6-7,10,14-16,20,26-27H,3,5,8-9,11-13H2,1H3. The van der Waals surface area contributed by atoms with Crippen LogP contribution in [0.5, 0.6) is 0 Å². The van der Waals surface area contributed by atoms with Crippen LogP contribution in [0.25, 0.3) is 11.6 Å². The molecular weight excluding hydrogens is 495 g/mol. The number of pyridine rings is 1. The second kappa shape index (κ2) is 9.58. The molecule has 4 nitrogen and oxygen atoms in total. The molecule has 4 rings (SSSR count). The fourth-order valence-corrected chi connectivity index (χ4v) is 11.6. The van der Waals surface area contributed by atoms with Crippen molar-refractivity contribution in [3.8, 4) is 0 Å². The normalized spacial score (nSPS) is 17.7. The zero-order chi connectivity index (χ0) is 20.2. The van der Waals surface area contributed by atoms with Crippen molar-refractivity contribution in [1.29, 1.82) is 5.41 Å². The Hall–Kier alpha value is -1.44. The molecule has 1 aromatic carbocycles. The molecule has 6 heteroatoms. The summed E-state index contributed by atoms with van der Waals surface area (Å²) >= 11 is 4.77. The Bertz CT molecular complexity index is 908. The van der Waals surface area contributed by atoms with E-state index in [1.54, 1.807) is 0 Å². The summed E-state index contributed by atoms with van der Waals surface area (Å²) in [5.74, 6) is 0. The number of benzene rings is 1. The van der Waals surface area contributed by atoms with Gasteiger partial charge in [0.05, 0.1) is 0 Å². The minimum absolute atomic E-state index is 0.742. The van der Waals surface area contributed by atoms with E-state index in [0.29, 0.717) is 0 Å². The Morgan fingerprint density at radius 2 is 2.14 bits per heavy atom. The number of aromatic nitrogens is 1. The van der Waals surface area contributed by atoms with Gasteiger partial charge in [-0.3, -0.25) is 0 Å². The van der Waals surface area contributed by atoms with E-state index in [1.165, 1.54) is 43.2 Å². The molecule has 29 heavy (non-hydrogen) atoms. The van der Waals surface area contributed by atoms with Crippen LogP contribution in [0.3, 0.4) is 0 Å². The first-order valence-electron chi connectivity index (χ1n) is 10.2. The van der Waals surface area contributed by atoms with E-state index in [0.717, 1.165) is 41.4 Å². The van der Waals surface area contributed by atoms with Crippen LogP contribution < -0.4 is 5.32 Å². The van der Waals surface area contributed by atoms with E-state index in [9.17, 15) is 0 Å². The first kappa shape index (κ1) is 20.8. The van der Waals surface area contributed by atoms with Crippen LogP contribution >= 0.6 is 31.4 Å². The van der Waals surface area contributed by atoms with E-state index < -0.39 is 19.8 Å². The third-order valence-corrected chi connectivity index (χ3v) is 13.0. The second-order valence-corrected chi connectivity index (χ2v) is 13.8. The second-order valence-electron chi connectivity index (χ2n) is 7.63. The number of nitrogens with zero attached hydrogens (tertiary/aromatic N) is 2. The molecule has 2 aromatic rings. The van der Waals surface area contributed by atoms with Gasteiger partial charge >= 0.3 is 186 Å². The van der Waals surface area contributed by atoms with Crippen LogP contribution in [0.4, 0.5) is 0 Å². The van der Waals surface area contributed by atoms with Gasteiger partial charge in [-0.25, -0.2) is 0 Å². The van der Waals surface area contributed by atoms with Gasteiger partial charge in [0.1, 0.15) is 0 Å². The molecular formula is C23H28ClIN4. The van der Waals surface area contributed by atoms with E-state index in [2.05, 4.69) is 41.7 Å². The number of allylic oxidation sites excluding steroid dienone is 1. The summed E-state index contributed by atoms with van der Waals surface area (Å²) in [5, 5.41) is 11.7. The number of rotatable bonds is 6. The summed E-state index contributed by atoms with van der Waals surface area (Å²) < 4.78 is 3.62. The van der Waals surface area contributed by atoms with Crippen molar-refractivity contribution < 1.29 is 0 Å². The van der Waals surface area contributed by atoms with Crippen molar-refractivity contribution in [3.05, 3.63) is 59.9 Å². The van der Waals surface area contributed by atoms with Gasteiger partial charge in [-0.15, -0.1) is 0 Å². The van der Waals surface area contributed by atoms with Crippen molar-refractivity contribution in [2.24, 2.45) is 0 Å². The first-order valence-corrected chi connectivity index (χ1v) is 14.0. The molecule has 1 saturated heterocycles. The molecule has 0 bridgehead atoms. The van der Waals surface area contributed by atoms with Gasteiger partial charge in [0.2, 0.25) is 0 Å². The van der Waals surface area contributed by atoms with Gasteiger partial charge in [0, 0.05) is 0 Å². The molecule has 1 fully saturated rings. The Morgan fingerprint density at radius 3 is 2.93 bits per heavy atom. The van der Waals surface area contributed by atoms with Crippen molar-refractivity contribution in [2.75, 3.05) is 26.7 Å². The number of nitrogens with one attached hydrogen (secondary N) is 2. The van der Waals surface area contributed by atoms with Crippen molar-refractivity contribution in [2.45, 2.75) is 29.6 Å². The zero-order valence-corrected chi connectivity index (χ0v) is 19.7. The van der Waals surface area contributed by atoms with Crippen molar-refractivity contribution in [1.82, 2.24) is 15.2 Å². The van der Waals surface area contributed by atoms with Gasteiger partial charge in [-0.1, -0.05) is 0 Å². The number of halogens is 2.